The number of aliphatic imine (C=N–C) groups is 1. The first-order chi connectivity index (χ1) is 20.3. The highest BCUT2D eigenvalue weighted by molar-refractivity contribution is 6.05. The van der Waals surface area contributed by atoms with Gasteiger partial charge in [0, 0.05) is 61.1 Å². The summed E-state index contributed by atoms with van der Waals surface area (Å²) in [4.78, 5) is 9.33. The largest absolute Gasteiger partial charge is 0.395 e. The van der Waals surface area contributed by atoms with E-state index in [0.29, 0.717) is 24.2 Å². The third-order valence-corrected chi connectivity index (χ3v) is 9.33. The van der Waals surface area contributed by atoms with Gasteiger partial charge in [0.25, 0.3) is 0 Å². The highest BCUT2D eigenvalue weighted by atomic mass is 16.3. The van der Waals surface area contributed by atoms with Crippen LogP contribution >= 0.6 is 0 Å². The fourth-order valence-electron chi connectivity index (χ4n) is 6.74. The molecule has 0 radical (unpaired) electrons. The van der Waals surface area contributed by atoms with Gasteiger partial charge in [-0.2, -0.15) is 0 Å². The summed E-state index contributed by atoms with van der Waals surface area (Å²) in [6.45, 7) is 16.4. The van der Waals surface area contributed by atoms with E-state index in [-0.39, 0.29) is 6.61 Å². The maximum atomic E-state index is 9.42. The van der Waals surface area contributed by atoms with Crippen LogP contribution in [0.1, 0.15) is 91.9 Å². The van der Waals surface area contributed by atoms with Gasteiger partial charge in [0.05, 0.1) is 12.3 Å². The monoisotopic (exact) mass is 573 g/mol. The molecule has 2 aliphatic carbocycles. The van der Waals surface area contributed by atoms with Gasteiger partial charge in [-0.1, -0.05) is 38.5 Å². The van der Waals surface area contributed by atoms with Crippen molar-refractivity contribution in [3.05, 3.63) is 70.4 Å². The molecule has 0 aromatic carbocycles. The van der Waals surface area contributed by atoms with Gasteiger partial charge in [-0.25, -0.2) is 0 Å². The molecule has 6 nitrogen and oxygen atoms in total. The Kier molecular flexibility index (Phi) is 11.9. The topological polar surface area (TPSA) is 75.0 Å². The summed E-state index contributed by atoms with van der Waals surface area (Å²) in [7, 11) is 0. The Balaban J connectivity index is 1.37. The van der Waals surface area contributed by atoms with E-state index in [0.717, 1.165) is 67.4 Å². The lowest BCUT2D eigenvalue weighted by molar-refractivity contribution is 0.170. The van der Waals surface area contributed by atoms with Gasteiger partial charge in [-0.3, -0.25) is 10.4 Å². The maximum Gasteiger partial charge on any atom is 0.132 e. The molecule has 4 rings (SSSR count). The molecule has 42 heavy (non-hydrogen) atoms. The Labute approximate surface area is 255 Å². The molecule has 0 aromatic heterocycles. The zero-order valence-corrected chi connectivity index (χ0v) is 26.7. The fourth-order valence-corrected chi connectivity index (χ4v) is 6.74. The molecule has 2 heterocycles. The van der Waals surface area contributed by atoms with Gasteiger partial charge in [0.15, 0.2) is 0 Å². The van der Waals surface area contributed by atoms with Crippen LogP contribution in [0.2, 0.25) is 0 Å². The quantitative estimate of drug-likeness (QED) is 0.201. The Hall–Kier alpha value is -2.86. The Morgan fingerprint density at radius 2 is 2.05 bits per heavy atom. The standard InChI is InChI=1S/C36H55N5O/c1-6-18-41-25-33(32(36(41)37)22-30(7-2)31-14-15-31)35-13-9-12-34(27(5)23-39-35)38-17-16-28-10-8-11-29(21-28)24-40(19-20-42)26(3)4/h7,13,22-23,25,28-29,31,37-38,42H,3,6,8-12,14-21,24H2,1-2,4-5H3/b30-7+,32-22-,34-27+,35-13-,37-36?,39-23+/t28-,29-/m1/s1. The minimum absolute atomic E-state index is 0.190. The molecule has 3 N–H and O–H groups in total. The third-order valence-electron chi connectivity index (χ3n) is 9.33. The van der Waals surface area contributed by atoms with E-state index in [1.54, 1.807) is 0 Å². The van der Waals surface area contributed by atoms with Crippen molar-refractivity contribution in [3.63, 3.8) is 0 Å². The number of amidine groups is 1. The molecular weight excluding hydrogens is 518 g/mol. The molecule has 0 bridgehead atoms. The van der Waals surface area contributed by atoms with Gasteiger partial charge in [0.2, 0.25) is 0 Å². The number of rotatable bonds is 14. The van der Waals surface area contributed by atoms with Crippen LogP contribution in [0.3, 0.4) is 0 Å². The molecule has 2 atom stereocenters. The number of nitrogens with zero attached hydrogens (tertiary/aromatic N) is 3. The Morgan fingerprint density at radius 1 is 1.26 bits per heavy atom. The van der Waals surface area contributed by atoms with E-state index >= 15 is 0 Å². The minimum Gasteiger partial charge on any atom is -0.395 e. The van der Waals surface area contributed by atoms with Crippen LogP contribution in [0.15, 0.2) is 75.4 Å². The molecular formula is C36H55N5O. The van der Waals surface area contributed by atoms with Crippen molar-refractivity contribution in [2.75, 3.05) is 32.8 Å². The summed E-state index contributed by atoms with van der Waals surface area (Å²) in [5.41, 5.74) is 8.03. The van der Waals surface area contributed by atoms with Crippen LogP contribution in [0, 0.1) is 23.2 Å². The number of allylic oxidation sites excluding steroid dienone is 8. The van der Waals surface area contributed by atoms with E-state index in [4.69, 9.17) is 10.4 Å². The van der Waals surface area contributed by atoms with Crippen LogP contribution < -0.4 is 5.32 Å². The van der Waals surface area contributed by atoms with E-state index in [1.807, 2.05) is 13.1 Å². The van der Waals surface area contributed by atoms with Gasteiger partial charge in [-0.15, -0.1) is 0 Å². The molecule has 230 valence electrons. The van der Waals surface area contributed by atoms with Crippen molar-refractivity contribution in [2.45, 2.75) is 91.9 Å². The first-order valence-corrected chi connectivity index (χ1v) is 16.5. The van der Waals surface area contributed by atoms with Crippen molar-refractivity contribution in [3.8, 4) is 0 Å². The molecule has 0 unspecified atom stereocenters. The summed E-state index contributed by atoms with van der Waals surface area (Å²) in [6.07, 6.45) is 22.7. The van der Waals surface area contributed by atoms with Crippen molar-refractivity contribution in [1.82, 2.24) is 15.1 Å². The normalized spacial score (nSPS) is 28.2. The van der Waals surface area contributed by atoms with Crippen molar-refractivity contribution < 1.29 is 5.11 Å². The van der Waals surface area contributed by atoms with Crippen molar-refractivity contribution in [2.24, 2.45) is 22.7 Å². The zero-order chi connectivity index (χ0) is 30.1. The number of hydrogen-bond acceptors (Lipinski definition) is 5. The molecule has 0 saturated heterocycles. The van der Waals surface area contributed by atoms with E-state index in [2.05, 4.69) is 66.9 Å². The fraction of sp³-hybridized carbons (Fsp3) is 0.611. The molecule has 2 saturated carbocycles. The zero-order valence-electron chi connectivity index (χ0n) is 26.7. The lowest BCUT2D eigenvalue weighted by Crippen LogP contribution is -2.33. The Bertz CT molecular complexity index is 1170. The molecule has 0 spiro atoms. The first kappa shape index (κ1) is 32.1. The summed E-state index contributed by atoms with van der Waals surface area (Å²) < 4.78 is 0. The van der Waals surface area contributed by atoms with Gasteiger partial charge in [-0.05, 0) is 107 Å². The van der Waals surface area contributed by atoms with E-state index in [1.165, 1.54) is 61.8 Å². The predicted molar refractivity (Wildman–Crippen MR) is 177 cm³/mol. The van der Waals surface area contributed by atoms with E-state index < -0.39 is 0 Å². The van der Waals surface area contributed by atoms with Crippen LogP contribution in [0.25, 0.3) is 0 Å². The van der Waals surface area contributed by atoms with Crippen LogP contribution in [-0.2, 0) is 0 Å². The minimum atomic E-state index is 0.190. The van der Waals surface area contributed by atoms with Crippen LogP contribution in [-0.4, -0.2) is 59.7 Å². The lowest BCUT2D eigenvalue weighted by Gasteiger charge is -2.34. The maximum absolute atomic E-state index is 9.42. The molecule has 6 heteroatoms. The van der Waals surface area contributed by atoms with Crippen LogP contribution in [0.4, 0.5) is 0 Å². The molecule has 4 aliphatic rings. The number of aliphatic hydroxyl groups is 1. The van der Waals surface area contributed by atoms with Gasteiger partial charge >= 0.3 is 0 Å². The van der Waals surface area contributed by atoms with Gasteiger partial charge in [0.1, 0.15) is 5.84 Å². The van der Waals surface area contributed by atoms with E-state index in [9.17, 15) is 5.11 Å². The van der Waals surface area contributed by atoms with Crippen LogP contribution in [0.5, 0.6) is 0 Å². The second-order valence-electron chi connectivity index (χ2n) is 12.8. The third kappa shape index (κ3) is 8.59. The number of hydrogen-bond donors (Lipinski definition) is 3. The summed E-state index contributed by atoms with van der Waals surface area (Å²) >= 11 is 0. The second-order valence-corrected chi connectivity index (χ2v) is 12.8. The summed E-state index contributed by atoms with van der Waals surface area (Å²) in [5, 5.41) is 22.1. The second kappa shape index (κ2) is 15.6. The number of nitrogens with one attached hydrogen (secondary N) is 2. The Morgan fingerprint density at radius 3 is 2.74 bits per heavy atom. The lowest BCUT2D eigenvalue weighted by atomic mass is 9.79. The first-order valence-electron chi connectivity index (χ1n) is 16.5. The molecule has 0 amide bonds. The highest BCUT2D eigenvalue weighted by Crippen LogP contribution is 2.40. The average molecular weight is 574 g/mol. The highest BCUT2D eigenvalue weighted by Gasteiger charge is 2.30. The molecule has 0 aromatic rings. The summed E-state index contributed by atoms with van der Waals surface area (Å²) in [5.74, 6) is 2.70. The molecule has 2 aliphatic heterocycles. The van der Waals surface area contributed by atoms with Crippen molar-refractivity contribution >= 4 is 12.1 Å². The van der Waals surface area contributed by atoms with Gasteiger partial charge < -0.3 is 20.2 Å². The predicted octanol–water partition coefficient (Wildman–Crippen LogP) is 7.49. The van der Waals surface area contributed by atoms with Crippen molar-refractivity contribution in [1.29, 1.82) is 5.41 Å². The average Bonchev–Trinajstić information content (AvgIpc) is 3.77. The smallest absolute Gasteiger partial charge is 0.132 e. The summed E-state index contributed by atoms with van der Waals surface area (Å²) in [6, 6.07) is 0. The SMILES string of the molecule is C=C(C)N(CCO)C[C@@H]1CCC[C@H](CCN/C2=C(C)/C=N/C(C3=CN(CCC)C(=N)/C3=C\C(=C/C)C3CC3)=C\CC2)C1. The molecule has 2 fully saturated rings. The number of aliphatic hydroxyl groups excluding tert-OH is 1.